The van der Waals surface area contributed by atoms with E-state index in [9.17, 15) is 0 Å². The summed E-state index contributed by atoms with van der Waals surface area (Å²) in [5, 5.41) is 0.290. The molecule has 0 amide bonds. The lowest BCUT2D eigenvalue weighted by atomic mass is 9.46. The number of hydrogen-bond acceptors (Lipinski definition) is 4. The van der Waals surface area contributed by atoms with Gasteiger partial charge in [0.25, 0.3) is 0 Å². The lowest BCUT2D eigenvalue weighted by Gasteiger charge is -2.56. The fourth-order valence-corrected chi connectivity index (χ4v) is 8.88. The number of fused-ring (bicyclic) bond motifs is 9. The molecule has 4 heterocycles. The van der Waals surface area contributed by atoms with E-state index in [4.69, 9.17) is 18.3 Å². The molecule has 2 fully saturated rings. The van der Waals surface area contributed by atoms with Crippen LogP contribution in [0.2, 0.25) is 36.3 Å². The fourth-order valence-electron chi connectivity index (χ4n) is 6.45. The summed E-state index contributed by atoms with van der Waals surface area (Å²) in [5.41, 5.74) is -1.42. The van der Waals surface area contributed by atoms with Crippen molar-refractivity contribution in [1.82, 2.24) is 0 Å². The Hall–Kier alpha value is 0.484. The van der Waals surface area contributed by atoms with Crippen LogP contribution >= 0.6 is 22.6 Å². The second-order valence-corrected chi connectivity index (χ2v) is 25.3. The van der Waals surface area contributed by atoms with Crippen LogP contribution in [0.25, 0.3) is 0 Å². The minimum atomic E-state index is -2.00. The summed E-state index contributed by atoms with van der Waals surface area (Å²) in [6.07, 6.45) is 11.4. The highest BCUT2D eigenvalue weighted by Crippen LogP contribution is 2.76. The molecule has 0 aliphatic carbocycles. The van der Waals surface area contributed by atoms with Gasteiger partial charge in [0.15, 0.2) is 16.6 Å². The molecule has 6 atom stereocenters. The topological polar surface area (TPSA) is 36.9 Å². The van der Waals surface area contributed by atoms with Crippen LogP contribution in [0.15, 0.2) is 24.3 Å². The zero-order valence-electron chi connectivity index (χ0n) is 24.0. The lowest BCUT2D eigenvalue weighted by Crippen LogP contribution is -2.67. The van der Waals surface area contributed by atoms with Crippen molar-refractivity contribution in [3.05, 3.63) is 24.3 Å². The highest BCUT2D eigenvalue weighted by Gasteiger charge is 2.86. The average Bonchev–Trinajstić information content (AvgIpc) is 3.43. The van der Waals surface area contributed by atoms with Gasteiger partial charge < -0.3 is 18.3 Å². The van der Waals surface area contributed by atoms with E-state index in [-0.39, 0.29) is 38.7 Å². The zero-order valence-corrected chi connectivity index (χ0v) is 28.2. The molecule has 7 heteroatoms. The molecule has 4 aliphatic heterocycles. The number of ether oxygens (including phenoxy) is 2. The maximum Gasteiger partial charge on any atom is 0.192 e. The van der Waals surface area contributed by atoms with Gasteiger partial charge in [-0.25, -0.2) is 0 Å². The standard InChI is InChI=1S/C28H49IO4Si2/c1-23(2,3)34(8,9)30-19-27-21-14-17-26(33-21,15-12-18-29)28(27,22-13-16-25(27,7)32-22)20-31-35(10,11)24(4,5)6/h13-14,16-17,21-22H,12,15,18-20H2,1-11H3/t21-,22-,25+,26+,27+,28+/m1/s1. The summed E-state index contributed by atoms with van der Waals surface area (Å²) < 4.78 is 29.4. The van der Waals surface area contributed by atoms with Gasteiger partial charge in [0, 0.05) is 13.2 Å². The van der Waals surface area contributed by atoms with E-state index < -0.39 is 22.2 Å². The highest BCUT2D eigenvalue weighted by molar-refractivity contribution is 14.1. The van der Waals surface area contributed by atoms with Gasteiger partial charge >= 0.3 is 0 Å². The molecule has 35 heavy (non-hydrogen) atoms. The Balaban J connectivity index is 1.84. The van der Waals surface area contributed by atoms with Crippen LogP contribution in [0.1, 0.15) is 61.3 Å². The van der Waals surface area contributed by atoms with Crippen molar-refractivity contribution in [3.63, 3.8) is 0 Å². The lowest BCUT2D eigenvalue weighted by molar-refractivity contribution is -0.0972. The van der Waals surface area contributed by atoms with Crippen LogP contribution in [-0.2, 0) is 18.3 Å². The number of rotatable bonds is 9. The molecule has 4 rings (SSSR count). The third-order valence-electron chi connectivity index (χ3n) is 10.9. The second kappa shape index (κ2) is 8.49. The van der Waals surface area contributed by atoms with Crippen molar-refractivity contribution in [2.24, 2.45) is 10.8 Å². The molecule has 0 spiro atoms. The number of alkyl halides is 1. The Labute approximate surface area is 230 Å². The van der Waals surface area contributed by atoms with Crippen LogP contribution in [-0.4, -0.2) is 57.7 Å². The Kier molecular flexibility index (Phi) is 6.91. The average molecular weight is 633 g/mol. The maximum absolute atomic E-state index is 7.13. The molecule has 200 valence electrons. The molecule has 4 aliphatic rings. The molecule has 0 aromatic carbocycles. The highest BCUT2D eigenvalue weighted by atomic mass is 127. The summed E-state index contributed by atoms with van der Waals surface area (Å²) in [7, 11) is -3.99. The summed E-state index contributed by atoms with van der Waals surface area (Å²) in [6, 6.07) is 0. The first kappa shape index (κ1) is 28.5. The van der Waals surface area contributed by atoms with E-state index in [0.717, 1.165) is 17.3 Å². The quantitative estimate of drug-likeness (QED) is 0.113. The number of halogens is 1. The van der Waals surface area contributed by atoms with E-state index in [1.165, 1.54) is 0 Å². The van der Waals surface area contributed by atoms with Gasteiger partial charge in [0.1, 0.15) is 0 Å². The van der Waals surface area contributed by atoms with Crippen LogP contribution in [0, 0.1) is 10.8 Å². The smallest absolute Gasteiger partial charge is 0.192 e. The molecule has 0 aromatic rings. The first-order valence-electron chi connectivity index (χ1n) is 13.4. The van der Waals surface area contributed by atoms with E-state index >= 15 is 0 Å². The van der Waals surface area contributed by atoms with Gasteiger partial charge in [-0.3, -0.25) is 0 Å². The first-order chi connectivity index (χ1) is 15.8. The van der Waals surface area contributed by atoms with Gasteiger partial charge in [-0.15, -0.1) is 0 Å². The monoisotopic (exact) mass is 632 g/mol. The van der Waals surface area contributed by atoms with Gasteiger partial charge in [0.2, 0.25) is 0 Å². The second-order valence-electron chi connectivity index (χ2n) is 14.6. The molecule has 0 radical (unpaired) electrons. The molecule has 0 N–H and O–H groups in total. The van der Waals surface area contributed by atoms with Gasteiger partial charge in [-0.1, -0.05) is 88.4 Å². The van der Waals surface area contributed by atoms with Crippen molar-refractivity contribution >= 4 is 39.2 Å². The molecular weight excluding hydrogens is 583 g/mol. The first-order valence-corrected chi connectivity index (χ1v) is 20.8. The van der Waals surface area contributed by atoms with E-state index in [1.807, 2.05) is 0 Å². The van der Waals surface area contributed by atoms with E-state index in [2.05, 4.69) is 122 Å². The SMILES string of the molecule is CC(C)(C)[Si](C)(C)OC[C@@]12[C@H]3C=C[C@](C)(O3)[C@]1(CO[Si](C)(C)C(C)(C)C)[C@H]1C=C[C@]2(CCCI)O1. The van der Waals surface area contributed by atoms with Crippen LogP contribution in [0.5, 0.6) is 0 Å². The van der Waals surface area contributed by atoms with Gasteiger partial charge in [0.05, 0.1) is 34.2 Å². The van der Waals surface area contributed by atoms with Crippen LogP contribution < -0.4 is 0 Å². The van der Waals surface area contributed by atoms with Gasteiger partial charge in [-0.05, 0) is 60.5 Å². The van der Waals surface area contributed by atoms with Crippen molar-refractivity contribution in [3.8, 4) is 0 Å². The predicted octanol–water partition coefficient (Wildman–Crippen LogP) is 7.65. The van der Waals surface area contributed by atoms with Crippen molar-refractivity contribution in [2.75, 3.05) is 17.6 Å². The largest absolute Gasteiger partial charge is 0.416 e. The molecule has 0 unspecified atom stereocenters. The molecule has 0 saturated carbocycles. The number of hydrogen-bond donors (Lipinski definition) is 0. The normalized spacial score (nSPS) is 40.2. The summed E-state index contributed by atoms with van der Waals surface area (Å²) in [6.45, 7) is 27.0. The van der Waals surface area contributed by atoms with Gasteiger partial charge in [-0.2, -0.15) is 0 Å². The molecule has 0 aromatic heterocycles. The summed E-state index contributed by atoms with van der Waals surface area (Å²) >= 11 is 2.50. The Morgan fingerprint density at radius 1 is 0.800 bits per heavy atom. The minimum absolute atomic E-state index is 0.0237. The predicted molar refractivity (Wildman–Crippen MR) is 158 cm³/mol. The van der Waals surface area contributed by atoms with Crippen LogP contribution in [0.3, 0.4) is 0 Å². The molecule has 4 bridgehead atoms. The third kappa shape index (κ3) is 3.75. The Morgan fingerprint density at radius 3 is 1.80 bits per heavy atom. The Bertz CT molecular complexity index is 904. The summed E-state index contributed by atoms with van der Waals surface area (Å²) in [4.78, 5) is 0. The van der Waals surface area contributed by atoms with E-state index in [0.29, 0.717) is 13.2 Å². The third-order valence-corrected chi connectivity index (χ3v) is 20.6. The maximum atomic E-state index is 7.13. The van der Waals surface area contributed by atoms with E-state index in [1.54, 1.807) is 0 Å². The molecular formula is C28H49IO4Si2. The summed E-state index contributed by atoms with van der Waals surface area (Å²) in [5.74, 6) is 0. The minimum Gasteiger partial charge on any atom is -0.416 e. The van der Waals surface area contributed by atoms with Crippen LogP contribution in [0.4, 0.5) is 0 Å². The van der Waals surface area contributed by atoms with Crippen molar-refractivity contribution in [2.45, 2.75) is 121 Å². The fraction of sp³-hybridized carbons (Fsp3) is 0.857. The van der Waals surface area contributed by atoms with Crippen molar-refractivity contribution < 1.29 is 18.3 Å². The molecule has 2 saturated heterocycles. The zero-order chi connectivity index (χ0) is 26.3. The molecule has 4 nitrogen and oxygen atoms in total. The Morgan fingerprint density at radius 2 is 1.29 bits per heavy atom. The van der Waals surface area contributed by atoms with Crippen molar-refractivity contribution in [1.29, 1.82) is 0 Å².